The molecule has 1 aliphatic heterocycles. The van der Waals surface area contributed by atoms with E-state index in [-0.39, 0.29) is 12.1 Å². The standard InChI is InChI=1S/C17H21N5O2/c1-17(2,3)24-16(23)21-8-4-5-13(11-21)22-15-7-6-12(10-18)9-14(15)19-20-22/h6-7,9,13H,4-5,8,11H2,1-3H3. The summed E-state index contributed by atoms with van der Waals surface area (Å²) < 4.78 is 7.32. The molecule has 2 heterocycles. The van der Waals surface area contributed by atoms with Crippen molar-refractivity contribution < 1.29 is 9.53 Å². The van der Waals surface area contributed by atoms with Crippen LogP contribution in [0.4, 0.5) is 4.79 Å². The van der Waals surface area contributed by atoms with Gasteiger partial charge in [-0.15, -0.1) is 5.10 Å². The van der Waals surface area contributed by atoms with E-state index in [1.165, 1.54) is 0 Å². The number of hydrogen-bond acceptors (Lipinski definition) is 5. The first-order valence-electron chi connectivity index (χ1n) is 8.10. The molecule has 1 atom stereocenters. The number of benzene rings is 1. The van der Waals surface area contributed by atoms with Crippen LogP contribution in [0.1, 0.15) is 45.2 Å². The van der Waals surface area contributed by atoms with Crippen LogP contribution >= 0.6 is 0 Å². The SMILES string of the molecule is CC(C)(C)OC(=O)N1CCCC(n2nnc3cc(C#N)ccc32)C1. The maximum absolute atomic E-state index is 12.3. The second-order valence-corrected chi connectivity index (χ2v) is 7.07. The predicted octanol–water partition coefficient (Wildman–Crippen LogP) is 2.87. The number of fused-ring (bicyclic) bond motifs is 1. The first kappa shape index (κ1) is 16.2. The molecule has 1 unspecified atom stereocenters. The molecular weight excluding hydrogens is 306 g/mol. The Morgan fingerprint density at radius 2 is 2.21 bits per heavy atom. The van der Waals surface area contributed by atoms with E-state index in [1.807, 2.05) is 31.5 Å². The van der Waals surface area contributed by atoms with E-state index in [0.29, 0.717) is 24.2 Å². The van der Waals surface area contributed by atoms with Crippen molar-refractivity contribution in [2.24, 2.45) is 0 Å². The molecule has 126 valence electrons. The zero-order valence-corrected chi connectivity index (χ0v) is 14.2. The molecule has 0 spiro atoms. The van der Waals surface area contributed by atoms with E-state index in [2.05, 4.69) is 16.4 Å². The van der Waals surface area contributed by atoms with Gasteiger partial charge in [-0.1, -0.05) is 5.21 Å². The number of nitriles is 1. The van der Waals surface area contributed by atoms with Gasteiger partial charge in [0.05, 0.1) is 23.2 Å². The minimum absolute atomic E-state index is 0.0594. The van der Waals surface area contributed by atoms with Gasteiger partial charge in [-0.2, -0.15) is 5.26 Å². The Bertz CT molecular complexity index is 799. The van der Waals surface area contributed by atoms with Gasteiger partial charge in [-0.05, 0) is 51.8 Å². The molecule has 1 fully saturated rings. The maximum atomic E-state index is 12.3. The second kappa shape index (κ2) is 6.11. The van der Waals surface area contributed by atoms with Gasteiger partial charge in [0.1, 0.15) is 11.1 Å². The Balaban J connectivity index is 1.80. The fourth-order valence-electron chi connectivity index (χ4n) is 2.93. The molecule has 1 aromatic heterocycles. The number of ether oxygens (including phenoxy) is 1. The lowest BCUT2D eigenvalue weighted by Crippen LogP contribution is -2.43. The maximum Gasteiger partial charge on any atom is 0.410 e. The van der Waals surface area contributed by atoms with Crippen molar-refractivity contribution in [2.75, 3.05) is 13.1 Å². The van der Waals surface area contributed by atoms with Crippen LogP contribution in [-0.4, -0.2) is 44.7 Å². The summed E-state index contributed by atoms with van der Waals surface area (Å²) in [6.45, 7) is 6.84. The third kappa shape index (κ3) is 3.32. The summed E-state index contributed by atoms with van der Waals surface area (Å²) in [4.78, 5) is 14.0. The van der Waals surface area contributed by atoms with Crippen molar-refractivity contribution in [1.29, 1.82) is 5.26 Å². The molecule has 1 aliphatic rings. The van der Waals surface area contributed by atoms with Crippen LogP contribution in [0.25, 0.3) is 11.0 Å². The minimum Gasteiger partial charge on any atom is -0.444 e. The monoisotopic (exact) mass is 327 g/mol. The lowest BCUT2D eigenvalue weighted by molar-refractivity contribution is 0.0168. The molecule has 0 aliphatic carbocycles. The molecule has 1 amide bonds. The third-order valence-electron chi connectivity index (χ3n) is 3.99. The third-order valence-corrected chi connectivity index (χ3v) is 3.99. The summed E-state index contributed by atoms with van der Waals surface area (Å²) in [5, 5.41) is 17.4. The van der Waals surface area contributed by atoms with Crippen LogP contribution < -0.4 is 0 Å². The fraction of sp³-hybridized carbons (Fsp3) is 0.529. The van der Waals surface area contributed by atoms with Crippen molar-refractivity contribution in [3.05, 3.63) is 23.8 Å². The lowest BCUT2D eigenvalue weighted by atomic mass is 10.1. The predicted molar refractivity (Wildman–Crippen MR) is 88.3 cm³/mol. The lowest BCUT2D eigenvalue weighted by Gasteiger charge is -2.34. The molecule has 3 rings (SSSR count). The molecule has 2 aromatic rings. The molecule has 7 heteroatoms. The molecule has 7 nitrogen and oxygen atoms in total. The number of piperidine rings is 1. The Hall–Kier alpha value is -2.62. The van der Waals surface area contributed by atoms with E-state index in [4.69, 9.17) is 10.00 Å². The fourth-order valence-corrected chi connectivity index (χ4v) is 2.93. The molecular formula is C17H21N5O2. The Morgan fingerprint density at radius 1 is 1.42 bits per heavy atom. The normalized spacial score (nSPS) is 18.4. The molecule has 0 radical (unpaired) electrons. The van der Waals surface area contributed by atoms with E-state index in [0.717, 1.165) is 18.4 Å². The number of carbonyl (C=O) groups is 1. The quantitative estimate of drug-likeness (QED) is 0.804. The van der Waals surface area contributed by atoms with Gasteiger partial charge in [0.15, 0.2) is 0 Å². The average molecular weight is 327 g/mol. The highest BCUT2D eigenvalue weighted by Gasteiger charge is 2.29. The van der Waals surface area contributed by atoms with Crippen LogP contribution in [0, 0.1) is 11.3 Å². The van der Waals surface area contributed by atoms with Gasteiger partial charge in [0, 0.05) is 13.1 Å². The van der Waals surface area contributed by atoms with Crippen molar-refractivity contribution in [3.8, 4) is 6.07 Å². The van der Waals surface area contributed by atoms with Gasteiger partial charge in [0.2, 0.25) is 0 Å². The van der Waals surface area contributed by atoms with E-state index >= 15 is 0 Å². The smallest absolute Gasteiger partial charge is 0.410 e. The van der Waals surface area contributed by atoms with Gasteiger partial charge in [0.25, 0.3) is 0 Å². The topological polar surface area (TPSA) is 84.0 Å². The van der Waals surface area contributed by atoms with Gasteiger partial charge >= 0.3 is 6.09 Å². The zero-order chi connectivity index (χ0) is 17.3. The van der Waals surface area contributed by atoms with Crippen molar-refractivity contribution in [1.82, 2.24) is 19.9 Å². The molecule has 24 heavy (non-hydrogen) atoms. The van der Waals surface area contributed by atoms with E-state index < -0.39 is 5.60 Å². The second-order valence-electron chi connectivity index (χ2n) is 7.07. The van der Waals surface area contributed by atoms with Gasteiger partial charge < -0.3 is 9.64 Å². The molecule has 0 bridgehead atoms. The highest BCUT2D eigenvalue weighted by molar-refractivity contribution is 5.76. The first-order valence-corrected chi connectivity index (χ1v) is 8.10. The van der Waals surface area contributed by atoms with E-state index in [1.54, 1.807) is 17.0 Å². The summed E-state index contributed by atoms with van der Waals surface area (Å²) in [6, 6.07) is 7.52. The highest BCUT2D eigenvalue weighted by Crippen LogP contribution is 2.26. The van der Waals surface area contributed by atoms with Crippen molar-refractivity contribution in [3.63, 3.8) is 0 Å². The summed E-state index contributed by atoms with van der Waals surface area (Å²) in [5.41, 5.74) is 1.64. The summed E-state index contributed by atoms with van der Waals surface area (Å²) >= 11 is 0. The number of likely N-dealkylation sites (tertiary alicyclic amines) is 1. The summed E-state index contributed by atoms with van der Waals surface area (Å²) in [5.74, 6) is 0. The van der Waals surface area contributed by atoms with E-state index in [9.17, 15) is 4.79 Å². The Labute approximate surface area is 140 Å². The highest BCUT2D eigenvalue weighted by atomic mass is 16.6. The van der Waals surface area contributed by atoms with Crippen LogP contribution in [0.3, 0.4) is 0 Å². The molecule has 1 aromatic carbocycles. The number of aromatic nitrogens is 3. The Morgan fingerprint density at radius 3 is 2.92 bits per heavy atom. The number of hydrogen-bond donors (Lipinski definition) is 0. The van der Waals surface area contributed by atoms with Crippen molar-refractivity contribution >= 4 is 17.1 Å². The summed E-state index contributed by atoms with van der Waals surface area (Å²) in [6.07, 6.45) is 1.53. The zero-order valence-electron chi connectivity index (χ0n) is 14.2. The first-order chi connectivity index (χ1) is 11.4. The number of carbonyl (C=O) groups excluding carboxylic acids is 1. The number of nitrogens with zero attached hydrogens (tertiary/aromatic N) is 5. The minimum atomic E-state index is -0.502. The van der Waals surface area contributed by atoms with Crippen LogP contribution in [0.15, 0.2) is 18.2 Å². The largest absolute Gasteiger partial charge is 0.444 e. The molecule has 0 N–H and O–H groups in total. The van der Waals surface area contributed by atoms with Crippen LogP contribution in [-0.2, 0) is 4.74 Å². The molecule has 0 saturated carbocycles. The van der Waals surface area contributed by atoms with Gasteiger partial charge in [-0.3, -0.25) is 0 Å². The number of rotatable bonds is 1. The number of amides is 1. The van der Waals surface area contributed by atoms with Gasteiger partial charge in [-0.25, -0.2) is 9.48 Å². The van der Waals surface area contributed by atoms with Crippen LogP contribution in [0.2, 0.25) is 0 Å². The summed E-state index contributed by atoms with van der Waals surface area (Å²) in [7, 11) is 0. The Kier molecular flexibility index (Phi) is 4.14. The van der Waals surface area contributed by atoms with Crippen LogP contribution in [0.5, 0.6) is 0 Å². The average Bonchev–Trinajstić information content (AvgIpc) is 2.96. The van der Waals surface area contributed by atoms with Crippen molar-refractivity contribution in [2.45, 2.75) is 45.3 Å². The molecule has 1 saturated heterocycles.